The van der Waals surface area contributed by atoms with E-state index < -0.39 is 25.7 Å². The van der Waals surface area contributed by atoms with Gasteiger partial charge in [-0.25, -0.2) is 0 Å². The van der Waals surface area contributed by atoms with Crippen molar-refractivity contribution < 1.29 is 22.5 Å². The summed E-state index contributed by atoms with van der Waals surface area (Å²) in [4.78, 5) is 11.9. The molecule has 6 heteroatoms. The van der Waals surface area contributed by atoms with E-state index in [2.05, 4.69) is 0 Å². The standard InChI is InChI=1S/C13H26O5S/c1-8-11(2,3)10(14)18-9-12(4,5)13(6,7)19(15,16)17/h8-9H2,1-7H3,(H,15,16,17). The van der Waals surface area contributed by atoms with Gasteiger partial charge in [0.05, 0.1) is 12.0 Å². The third-order valence-corrected chi connectivity index (χ3v) is 6.12. The van der Waals surface area contributed by atoms with Gasteiger partial charge in [0.2, 0.25) is 0 Å². The average molecular weight is 294 g/mol. The lowest BCUT2D eigenvalue weighted by molar-refractivity contribution is -0.157. The smallest absolute Gasteiger partial charge is 0.311 e. The molecular weight excluding hydrogens is 268 g/mol. The Hall–Kier alpha value is -0.620. The van der Waals surface area contributed by atoms with Crippen LogP contribution < -0.4 is 0 Å². The van der Waals surface area contributed by atoms with Crippen molar-refractivity contribution in [2.75, 3.05) is 6.61 Å². The van der Waals surface area contributed by atoms with E-state index in [9.17, 15) is 17.8 Å². The second-order valence-electron chi connectivity index (χ2n) is 6.68. The molecule has 0 unspecified atom stereocenters. The van der Waals surface area contributed by atoms with E-state index in [-0.39, 0.29) is 12.6 Å². The van der Waals surface area contributed by atoms with Crippen LogP contribution in [0, 0.1) is 10.8 Å². The Morgan fingerprint density at radius 1 is 1.11 bits per heavy atom. The van der Waals surface area contributed by atoms with Crippen LogP contribution in [0.15, 0.2) is 0 Å². The van der Waals surface area contributed by atoms with Crippen LogP contribution in [0.25, 0.3) is 0 Å². The predicted octanol–water partition coefficient (Wildman–Crippen LogP) is 2.66. The van der Waals surface area contributed by atoms with Crippen molar-refractivity contribution in [1.82, 2.24) is 0 Å². The summed E-state index contributed by atoms with van der Waals surface area (Å²) in [7, 11) is -4.24. The molecular formula is C13H26O5S. The van der Waals surface area contributed by atoms with Gasteiger partial charge in [-0.2, -0.15) is 8.42 Å². The maximum atomic E-state index is 11.9. The van der Waals surface area contributed by atoms with Gasteiger partial charge in [-0.1, -0.05) is 20.8 Å². The van der Waals surface area contributed by atoms with E-state index in [0.717, 1.165) is 0 Å². The summed E-state index contributed by atoms with van der Waals surface area (Å²) in [5.41, 5.74) is -1.50. The minimum absolute atomic E-state index is 0.0674. The number of hydrogen-bond donors (Lipinski definition) is 1. The van der Waals surface area contributed by atoms with E-state index in [1.54, 1.807) is 27.7 Å². The summed E-state index contributed by atoms with van der Waals surface area (Å²) in [6, 6.07) is 0. The van der Waals surface area contributed by atoms with Crippen LogP contribution >= 0.6 is 0 Å². The highest BCUT2D eigenvalue weighted by Gasteiger charge is 2.48. The molecule has 0 aliphatic heterocycles. The van der Waals surface area contributed by atoms with E-state index in [0.29, 0.717) is 6.42 Å². The highest BCUT2D eigenvalue weighted by atomic mass is 32.2. The lowest BCUT2D eigenvalue weighted by Crippen LogP contribution is -2.49. The maximum absolute atomic E-state index is 11.9. The van der Waals surface area contributed by atoms with Crippen LogP contribution in [0.2, 0.25) is 0 Å². The summed E-state index contributed by atoms with van der Waals surface area (Å²) in [5, 5.41) is 0. The number of carbonyl (C=O) groups excluding carboxylic acids is 1. The first kappa shape index (κ1) is 18.4. The molecule has 114 valence electrons. The van der Waals surface area contributed by atoms with Crippen molar-refractivity contribution in [2.24, 2.45) is 10.8 Å². The Morgan fingerprint density at radius 2 is 1.53 bits per heavy atom. The molecule has 0 spiro atoms. The highest BCUT2D eigenvalue weighted by Crippen LogP contribution is 2.37. The van der Waals surface area contributed by atoms with Crippen LogP contribution in [0.5, 0.6) is 0 Å². The highest BCUT2D eigenvalue weighted by molar-refractivity contribution is 7.87. The summed E-state index contributed by atoms with van der Waals surface area (Å²) >= 11 is 0. The van der Waals surface area contributed by atoms with Gasteiger partial charge in [0.1, 0.15) is 4.75 Å². The van der Waals surface area contributed by atoms with Crippen molar-refractivity contribution >= 4 is 16.1 Å². The summed E-state index contributed by atoms with van der Waals surface area (Å²) in [5.74, 6) is -0.366. The summed E-state index contributed by atoms with van der Waals surface area (Å²) < 4.78 is 35.9. The van der Waals surface area contributed by atoms with Crippen LogP contribution in [0.1, 0.15) is 54.9 Å². The molecule has 0 aromatic carbocycles. The number of esters is 1. The molecule has 0 atom stereocenters. The third kappa shape index (κ3) is 3.92. The van der Waals surface area contributed by atoms with Gasteiger partial charge in [0.25, 0.3) is 10.1 Å². The zero-order chi connectivity index (χ0) is 15.7. The van der Waals surface area contributed by atoms with Crippen molar-refractivity contribution in [3.63, 3.8) is 0 Å². The summed E-state index contributed by atoms with van der Waals surface area (Å²) in [6.07, 6.45) is 0.633. The average Bonchev–Trinajstić information content (AvgIpc) is 2.24. The maximum Gasteiger partial charge on any atom is 0.311 e. The molecule has 0 rings (SSSR count). The van der Waals surface area contributed by atoms with Gasteiger partial charge >= 0.3 is 5.97 Å². The van der Waals surface area contributed by atoms with E-state index in [4.69, 9.17) is 4.74 Å². The Kier molecular flexibility index (Phi) is 5.23. The first-order valence-electron chi connectivity index (χ1n) is 6.33. The van der Waals surface area contributed by atoms with Crippen LogP contribution in [-0.4, -0.2) is 30.3 Å². The second-order valence-corrected chi connectivity index (χ2v) is 8.65. The van der Waals surface area contributed by atoms with Gasteiger partial charge in [0.15, 0.2) is 0 Å². The fourth-order valence-corrected chi connectivity index (χ4v) is 1.87. The molecule has 0 aliphatic rings. The van der Waals surface area contributed by atoms with Crippen molar-refractivity contribution in [1.29, 1.82) is 0 Å². The van der Waals surface area contributed by atoms with Crippen LogP contribution in [0.3, 0.4) is 0 Å². The van der Waals surface area contributed by atoms with Crippen LogP contribution in [-0.2, 0) is 19.6 Å². The van der Waals surface area contributed by atoms with Crippen LogP contribution in [0.4, 0.5) is 0 Å². The molecule has 0 saturated heterocycles. The molecule has 0 bridgehead atoms. The molecule has 5 nitrogen and oxygen atoms in total. The molecule has 0 aromatic heterocycles. The number of carbonyl (C=O) groups is 1. The molecule has 0 saturated carbocycles. The minimum atomic E-state index is -4.24. The largest absolute Gasteiger partial charge is 0.465 e. The van der Waals surface area contributed by atoms with E-state index in [1.807, 2.05) is 6.92 Å². The fourth-order valence-electron chi connectivity index (χ4n) is 1.11. The monoisotopic (exact) mass is 294 g/mol. The van der Waals surface area contributed by atoms with Gasteiger partial charge < -0.3 is 4.74 Å². The molecule has 0 radical (unpaired) electrons. The van der Waals surface area contributed by atoms with Crippen molar-refractivity contribution in [3.8, 4) is 0 Å². The molecule has 0 fully saturated rings. The zero-order valence-corrected chi connectivity index (χ0v) is 13.7. The first-order valence-corrected chi connectivity index (χ1v) is 7.77. The molecule has 1 N–H and O–H groups in total. The van der Waals surface area contributed by atoms with Crippen molar-refractivity contribution in [2.45, 2.75) is 59.6 Å². The Balaban J connectivity index is 4.97. The molecule has 0 aliphatic carbocycles. The number of rotatable bonds is 6. The Morgan fingerprint density at radius 3 is 1.84 bits per heavy atom. The quantitative estimate of drug-likeness (QED) is 0.601. The summed E-state index contributed by atoms with van der Waals surface area (Å²) in [6.45, 7) is 11.5. The normalized spacial score (nSPS) is 14.3. The lowest BCUT2D eigenvalue weighted by Gasteiger charge is -2.38. The second kappa shape index (κ2) is 5.40. The molecule has 0 amide bonds. The lowest BCUT2D eigenvalue weighted by atomic mass is 9.81. The molecule has 0 aromatic rings. The van der Waals surface area contributed by atoms with E-state index >= 15 is 0 Å². The Bertz CT molecular complexity index is 432. The number of hydrogen-bond acceptors (Lipinski definition) is 4. The number of ether oxygens (including phenoxy) is 1. The molecule has 0 heterocycles. The Labute approximate surface area is 116 Å². The van der Waals surface area contributed by atoms with Gasteiger partial charge in [-0.15, -0.1) is 0 Å². The minimum Gasteiger partial charge on any atom is -0.465 e. The van der Waals surface area contributed by atoms with Crippen molar-refractivity contribution in [3.05, 3.63) is 0 Å². The molecule has 19 heavy (non-hydrogen) atoms. The van der Waals surface area contributed by atoms with Gasteiger partial charge in [0, 0.05) is 5.41 Å². The van der Waals surface area contributed by atoms with E-state index in [1.165, 1.54) is 13.8 Å². The predicted molar refractivity (Wildman–Crippen MR) is 74.4 cm³/mol. The van der Waals surface area contributed by atoms with Gasteiger partial charge in [-0.05, 0) is 34.1 Å². The topological polar surface area (TPSA) is 80.7 Å². The third-order valence-electron chi connectivity index (χ3n) is 4.28. The van der Waals surface area contributed by atoms with Gasteiger partial charge in [-0.3, -0.25) is 9.35 Å². The zero-order valence-electron chi connectivity index (χ0n) is 12.9. The SMILES string of the molecule is CCC(C)(C)C(=O)OCC(C)(C)C(C)(C)S(=O)(=O)O. The first-order chi connectivity index (χ1) is 8.19. The fraction of sp³-hybridized carbons (Fsp3) is 0.923.